The van der Waals surface area contributed by atoms with Gasteiger partial charge in [-0.3, -0.25) is 24.0 Å². The third kappa shape index (κ3) is 4.30. The van der Waals surface area contributed by atoms with Crippen molar-refractivity contribution in [2.45, 2.75) is 38.8 Å². The standard InChI is InChI=1S/C32H32N2O7/c1-4-11-34-14-16-5-7-17(8-6-16)19-9-10-22(35)25-20(19)12-18-13-21-23(15(2)3)27(36)26(31(33)40)30(39)32(21,41)29(38)24(18)28(25)37/h1,5-10,15,18,21,23-24,26,34-35,41H,11-14H2,2-3H3,(H2,33,40)/t18-,21-,23-,24?,26?,32-/m0/s1. The highest BCUT2D eigenvalue weighted by molar-refractivity contribution is 6.32. The molecule has 2 aromatic carbocycles. The van der Waals surface area contributed by atoms with Gasteiger partial charge in [-0.15, -0.1) is 6.42 Å². The zero-order valence-corrected chi connectivity index (χ0v) is 22.8. The van der Waals surface area contributed by atoms with Crippen molar-refractivity contribution in [3.8, 4) is 29.2 Å². The lowest BCUT2D eigenvalue weighted by Gasteiger charge is -2.52. The molecule has 0 bridgehead atoms. The van der Waals surface area contributed by atoms with Gasteiger partial charge in [-0.1, -0.05) is 50.1 Å². The highest BCUT2D eigenvalue weighted by atomic mass is 16.3. The van der Waals surface area contributed by atoms with E-state index in [1.165, 1.54) is 6.07 Å². The predicted octanol–water partition coefficient (Wildman–Crippen LogP) is 1.60. The van der Waals surface area contributed by atoms with Crippen LogP contribution in [0, 0.1) is 47.9 Å². The fourth-order valence-electron chi connectivity index (χ4n) is 7.21. The molecule has 41 heavy (non-hydrogen) atoms. The van der Waals surface area contributed by atoms with E-state index in [4.69, 9.17) is 12.2 Å². The van der Waals surface area contributed by atoms with Gasteiger partial charge in [0.25, 0.3) is 0 Å². The SMILES string of the molecule is C#CCNCc1ccc(-c2ccc(O)c3c2C[C@H]2C[C@H]4[C@H](C(C)C)C(=O)C(C(N)=O)C(=O)[C@@]4(O)C(=O)C2C3=O)cc1. The Morgan fingerprint density at radius 1 is 1.12 bits per heavy atom. The number of phenolic OH excluding ortho intramolecular Hbond substituents is 1. The van der Waals surface area contributed by atoms with Gasteiger partial charge >= 0.3 is 0 Å². The van der Waals surface area contributed by atoms with Gasteiger partial charge in [0.2, 0.25) is 5.91 Å². The molecule has 0 heterocycles. The average Bonchev–Trinajstić information content (AvgIpc) is 2.91. The minimum atomic E-state index is -2.70. The van der Waals surface area contributed by atoms with Crippen molar-refractivity contribution in [1.29, 1.82) is 0 Å². The second-order valence-electron chi connectivity index (χ2n) is 11.6. The first kappa shape index (κ1) is 28.4. The molecule has 2 fully saturated rings. The van der Waals surface area contributed by atoms with Crippen molar-refractivity contribution in [1.82, 2.24) is 5.32 Å². The van der Waals surface area contributed by atoms with Crippen molar-refractivity contribution in [2.75, 3.05) is 6.54 Å². The largest absolute Gasteiger partial charge is 0.507 e. The fourth-order valence-corrected chi connectivity index (χ4v) is 7.21. The van der Waals surface area contributed by atoms with Crippen LogP contribution in [0.1, 0.15) is 41.8 Å². The van der Waals surface area contributed by atoms with Crippen LogP contribution < -0.4 is 11.1 Å². The maximum atomic E-state index is 13.9. The summed E-state index contributed by atoms with van der Waals surface area (Å²) in [6, 6.07) is 10.8. The fraction of sp³-hybridized carbons (Fsp3) is 0.406. The Morgan fingerprint density at radius 3 is 2.41 bits per heavy atom. The minimum Gasteiger partial charge on any atom is -0.507 e. The van der Waals surface area contributed by atoms with Gasteiger partial charge in [-0.2, -0.15) is 0 Å². The lowest BCUT2D eigenvalue weighted by Crippen LogP contribution is -2.71. The number of Topliss-reactive ketones (excluding diaryl/α,β-unsaturated/α-hetero) is 4. The van der Waals surface area contributed by atoms with Crippen LogP contribution in [0.3, 0.4) is 0 Å². The van der Waals surface area contributed by atoms with Crippen LogP contribution in [0.2, 0.25) is 0 Å². The van der Waals surface area contributed by atoms with Crippen molar-refractivity contribution < 1.29 is 34.2 Å². The Morgan fingerprint density at radius 2 is 1.80 bits per heavy atom. The highest BCUT2D eigenvalue weighted by Gasteiger charge is 2.69. The molecule has 0 saturated heterocycles. The lowest BCUT2D eigenvalue weighted by atomic mass is 9.49. The number of hydrogen-bond donors (Lipinski definition) is 4. The number of carbonyl (C=O) groups excluding carboxylic acids is 5. The van der Waals surface area contributed by atoms with Crippen molar-refractivity contribution in [2.24, 2.45) is 41.2 Å². The smallest absolute Gasteiger partial charge is 0.235 e. The first-order valence-electron chi connectivity index (χ1n) is 13.7. The summed E-state index contributed by atoms with van der Waals surface area (Å²) < 4.78 is 0. The number of fused-ring (bicyclic) bond motifs is 3. The van der Waals surface area contributed by atoms with E-state index < -0.39 is 70.1 Å². The molecule has 0 aromatic heterocycles. The number of nitrogens with one attached hydrogen (secondary N) is 1. The van der Waals surface area contributed by atoms with Gasteiger partial charge < -0.3 is 21.3 Å². The number of nitrogens with two attached hydrogens (primary N) is 1. The summed E-state index contributed by atoms with van der Waals surface area (Å²) in [5.41, 5.74) is 5.74. The zero-order chi connectivity index (χ0) is 29.8. The number of aromatic hydroxyl groups is 1. The number of rotatable bonds is 6. The Balaban J connectivity index is 1.57. The van der Waals surface area contributed by atoms with Gasteiger partial charge in [0.1, 0.15) is 5.75 Å². The van der Waals surface area contributed by atoms with Crippen LogP contribution in [0.25, 0.3) is 11.1 Å². The number of carbonyl (C=O) groups is 5. The van der Waals surface area contributed by atoms with Crippen LogP contribution >= 0.6 is 0 Å². The van der Waals surface area contributed by atoms with Crippen LogP contribution in [-0.2, 0) is 32.1 Å². The van der Waals surface area contributed by atoms with Gasteiger partial charge in [-0.05, 0) is 53.0 Å². The zero-order valence-electron chi connectivity index (χ0n) is 22.8. The van der Waals surface area contributed by atoms with Crippen LogP contribution in [-0.4, -0.2) is 51.4 Å². The number of benzene rings is 2. The Labute approximate surface area is 237 Å². The number of aliphatic hydroxyl groups is 1. The molecule has 2 unspecified atom stereocenters. The number of primary amides is 1. The van der Waals surface area contributed by atoms with Crippen LogP contribution in [0.15, 0.2) is 36.4 Å². The molecule has 9 heteroatoms. The Hall–Kier alpha value is -4.13. The number of phenols is 1. The summed E-state index contributed by atoms with van der Waals surface area (Å²) in [7, 11) is 0. The summed E-state index contributed by atoms with van der Waals surface area (Å²) in [6.45, 7) is 4.45. The summed E-state index contributed by atoms with van der Waals surface area (Å²) in [5, 5.41) is 25.6. The van der Waals surface area contributed by atoms with Crippen molar-refractivity contribution in [3.05, 3.63) is 53.1 Å². The number of terminal acetylenes is 1. The molecular weight excluding hydrogens is 524 g/mol. The topological polar surface area (TPSA) is 164 Å². The summed E-state index contributed by atoms with van der Waals surface area (Å²) in [6.07, 6.45) is 5.54. The van der Waals surface area contributed by atoms with E-state index in [-0.39, 0.29) is 24.2 Å². The molecule has 2 aromatic rings. The monoisotopic (exact) mass is 556 g/mol. The average molecular weight is 557 g/mol. The van der Waals surface area contributed by atoms with E-state index in [1.807, 2.05) is 24.3 Å². The molecule has 0 spiro atoms. The van der Waals surface area contributed by atoms with E-state index in [9.17, 15) is 34.2 Å². The molecule has 6 atom stereocenters. The first-order chi connectivity index (χ1) is 19.4. The summed E-state index contributed by atoms with van der Waals surface area (Å²) in [5.74, 6) is -9.15. The maximum Gasteiger partial charge on any atom is 0.235 e. The van der Waals surface area contributed by atoms with Crippen LogP contribution in [0.5, 0.6) is 5.75 Å². The van der Waals surface area contributed by atoms with E-state index in [0.717, 1.165) is 11.1 Å². The van der Waals surface area contributed by atoms with Gasteiger partial charge in [0.15, 0.2) is 34.7 Å². The first-order valence-corrected chi connectivity index (χ1v) is 13.7. The third-order valence-corrected chi connectivity index (χ3v) is 9.02. The lowest BCUT2D eigenvalue weighted by molar-refractivity contribution is -0.182. The summed E-state index contributed by atoms with van der Waals surface area (Å²) >= 11 is 0. The summed E-state index contributed by atoms with van der Waals surface area (Å²) in [4.78, 5) is 66.6. The molecule has 9 nitrogen and oxygen atoms in total. The predicted molar refractivity (Wildman–Crippen MR) is 148 cm³/mol. The molecule has 5 rings (SSSR count). The molecule has 212 valence electrons. The molecule has 1 amide bonds. The molecule has 0 radical (unpaired) electrons. The van der Waals surface area contributed by atoms with E-state index in [1.54, 1.807) is 19.9 Å². The molecule has 2 saturated carbocycles. The normalized spacial score (nSPS) is 29.0. The molecule has 3 aliphatic carbocycles. The molecule has 0 aliphatic heterocycles. The quantitative estimate of drug-likeness (QED) is 0.237. The number of hydrogen-bond acceptors (Lipinski definition) is 8. The maximum absolute atomic E-state index is 13.9. The van der Waals surface area contributed by atoms with Gasteiger partial charge in [0.05, 0.1) is 18.0 Å². The van der Waals surface area contributed by atoms with E-state index in [2.05, 4.69) is 11.2 Å². The Bertz CT molecular complexity index is 1520. The molecular formula is C32H32N2O7. The van der Waals surface area contributed by atoms with E-state index in [0.29, 0.717) is 24.2 Å². The molecule has 3 aliphatic rings. The second-order valence-corrected chi connectivity index (χ2v) is 11.6. The van der Waals surface area contributed by atoms with Crippen molar-refractivity contribution in [3.63, 3.8) is 0 Å². The number of ketones is 4. The third-order valence-electron chi connectivity index (χ3n) is 9.02. The van der Waals surface area contributed by atoms with Gasteiger partial charge in [0, 0.05) is 18.4 Å². The Kier molecular flexibility index (Phi) is 7.18. The van der Waals surface area contributed by atoms with Crippen molar-refractivity contribution >= 4 is 29.0 Å². The van der Waals surface area contributed by atoms with Gasteiger partial charge in [-0.25, -0.2) is 0 Å². The minimum absolute atomic E-state index is 0.0230. The number of amides is 1. The van der Waals surface area contributed by atoms with Crippen LogP contribution in [0.4, 0.5) is 0 Å². The second kappa shape index (κ2) is 10.4. The molecule has 5 N–H and O–H groups in total. The highest BCUT2D eigenvalue weighted by Crippen LogP contribution is 2.53. The van der Waals surface area contributed by atoms with E-state index >= 15 is 0 Å².